The Morgan fingerprint density at radius 1 is 1.07 bits per heavy atom. The SMILES string of the molecule is NC(=O)CCN(C(=O)COC(=O)c1ccc(Cl)cc1F)c1ccc(F)cc1. The van der Waals surface area contributed by atoms with Gasteiger partial charge < -0.3 is 15.4 Å². The maximum Gasteiger partial charge on any atom is 0.341 e. The Bertz CT molecular complexity index is 859. The lowest BCUT2D eigenvalue weighted by Crippen LogP contribution is -2.37. The van der Waals surface area contributed by atoms with Crippen molar-refractivity contribution in [2.45, 2.75) is 6.42 Å². The van der Waals surface area contributed by atoms with Gasteiger partial charge in [-0.25, -0.2) is 13.6 Å². The average Bonchev–Trinajstić information content (AvgIpc) is 2.61. The zero-order chi connectivity index (χ0) is 20.0. The Balaban J connectivity index is 2.09. The van der Waals surface area contributed by atoms with E-state index < -0.39 is 36.0 Å². The van der Waals surface area contributed by atoms with Crippen LogP contribution in [-0.2, 0) is 14.3 Å². The highest BCUT2D eigenvalue weighted by Crippen LogP contribution is 2.17. The minimum atomic E-state index is -1.05. The molecule has 0 saturated carbocycles. The fourth-order valence-electron chi connectivity index (χ4n) is 2.18. The van der Waals surface area contributed by atoms with Gasteiger partial charge in [0.05, 0.1) is 5.56 Å². The number of rotatable bonds is 7. The molecule has 0 aliphatic heterocycles. The van der Waals surface area contributed by atoms with Crippen molar-refractivity contribution in [3.05, 3.63) is 64.7 Å². The Hall–Kier alpha value is -3.00. The van der Waals surface area contributed by atoms with Gasteiger partial charge >= 0.3 is 5.97 Å². The van der Waals surface area contributed by atoms with Crippen LogP contribution < -0.4 is 10.6 Å². The van der Waals surface area contributed by atoms with E-state index in [-0.39, 0.29) is 29.2 Å². The van der Waals surface area contributed by atoms with Gasteiger partial charge in [-0.15, -0.1) is 0 Å². The Kier molecular flexibility index (Phi) is 6.84. The summed E-state index contributed by atoms with van der Waals surface area (Å²) in [5, 5.41) is 0.106. The van der Waals surface area contributed by atoms with E-state index in [1.165, 1.54) is 18.2 Å². The highest BCUT2D eigenvalue weighted by molar-refractivity contribution is 6.30. The smallest absolute Gasteiger partial charge is 0.341 e. The molecule has 0 fully saturated rings. The normalized spacial score (nSPS) is 10.3. The van der Waals surface area contributed by atoms with Gasteiger partial charge in [-0.3, -0.25) is 9.59 Å². The van der Waals surface area contributed by atoms with E-state index in [9.17, 15) is 23.2 Å². The number of nitrogens with two attached hydrogens (primary N) is 1. The Labute approximate surface area is 158 Å². The molecule has 2 aromatic carbocycles. The molecule has 2 N–H and O–H groups in total. The zero-order valence-corrected chi connectivity index (χ0v) is 14.7. The first-order valence-corrected chi connectivity index (χ1v) is 8.12. The van der Waals surface area contributed by atoms with Crippen molar-refractivity contribution in [1.29, 1.82) is 0 Å². The molecule has 0 spiro atoms. The van der Waals surface area contributed by atoms with E-state index in [2.05, 4.69) is 0 Å². The minimum Gasteiger partial charge on any atom is -0.452 e. The second-order valence-corrected chi connectivity index (χ2v) is 5.87. The summed E-state index contributed by atoms with van der Waals surface area (Å²) in [6, 6.07) is 8.31. The van der Waals surface area contributed by atoms with Crippen molar-refractivity contribution in [2.75, 3.05) is 18.1 Å². The third-order valence-electron chi connectivity index (χ3n) is 3.50. The summed E-state index contributed by atoms with van der Waals surface area (Å²) in [5.74, 6) is -3.78. The van der Waals surface area contributed by atoms with Gasteiger partial charge in [-0.05, 0) is 42.5 Å². The number of primary amides is 1. The predicted octanol–water partition coefficient (Wildman–Crippen LogP) is 2.68. The van der Waals surface area contributed by atoms with Crippen molar-refractivity contribution in [3.63, 3.8) is 0 Å². The lowest BCUT2D eigenvalue weighted by atomic mass is 10.2. The van der Waals surface area contributed by atoms with E-state index in [4.69, 9.17) is 22.1 Å². The summed E-state index contributed by atoms with van der Waals surface area (Å²) < 4.78 is 31.7. The van der Waals surface area contributed by atoms with Crippen LogP contribution >= 0.6 is 11.6 Å². The summed E-state index contributed by atoms with van der Waals surface area (Å²) in [7, 11) is 0. The topological polar surface area (TPSA) is 89.7 Å². The molecule has 0 heterocycles. The maximum absolute atomic E-state index is 13.7. The fraction of sp³-hybridized carbons (Fsp3) is 0.167. The third kappa shape index (κ3) is 5.75. The van der Waals surface area contributed by atoms with Crippen LogP contribution in [0.1, 0.15) is 16.8 Å². The molecule has 6 nitrogen and oxygen atoms in total. The molecule has 2 amide bonds. The van der Waals surface area contributed by atoms with Gasteiger partial charge in [-0.1, -0.05) is 11.6 Å². The lowest BCUT2D eigenvalue weighted by molar-refractivity contribution is -0.121. The highest BCUT2D eigenvalue weighted by atomic mass is 35.5. The van der Waals surface area contributed by atoms with E-state index >= 15 is 0 Å². The number of carbonyl (C=O) groups excluding carboxylic acids is 3. The number of benzene rings is 2. The molecule has 142 valence electrons. The molecule has 0 radical (unpaired) electrons. The molecule has 0 aromatic heterocycles. The molecule has 2 rings (SSSR count). The van der Waals surface area contributed by atoms with E-state index in [0.717, 1.165) is 29.2 Å². The first kappa shape index (κ1) is 20.3. The number of hydrogen-bond acceptors (Lipinski definition) is 4. The Morgan fingerprint density at radius 2 is 1.74 bits per heavy atom. The second kappa shape index (κ2) is 9.09. The van der Waals surface area contributed by atoms with Gasteiger partial charge in [0, 0.05) is 23.7 Å². The summed E-state index contributed by atoms with van der Waals surface area (Å²) in [6.07, 6.45) is -0.150. The average molecular weight is 397 g/mol. The van der Waals surface area contributed by atoms with Crippen LogP contribution in [0.3, 0.4) is 0 Å². The van der Waals surface area contributed by atoms with Crippen LogP contribution in [-0.4, -0.2) is 30.9 Å². The number of ether oxygens (including phenoxy) is 1. The number of carbonyl (C=O) groups is 3. The van der Waals surface area contributed by atoms with Gasteiger partial charge in [0.15, 0.2) is 6.61 Å². The van der Waals surface area contributed by atoms with Crippen LogP contribution in [0.15, 0.2) is 42.5 Å². The molecule has 0 atom stereocenters. The highest BCUT2D eigenvalue weighted by Gasteiger charge is 2.20. The summed E-state index contributed by atoms with van der Waals surface area (Å²) in [4.78, 5) is 36.5. The molecular weight excluding hydrogens is 382 g/mol. The molecule has 0 aliphatic carbocycles. The van der Waals surface area contributed by atoms with Crippen molar-refractivity contribution in [2.24, 2.45) is 5.73 Å². The number of halogens is 3. The molecule has 2 aromatic rings. The monoisotopic (exact) mass is 396 g/mol. The number of anilines is 1. The fourth-order valence-corrected chi connectivity index (χ4v) is 2.34. The Morgan fingerprint density at radius 3 is 2.33 bits per heavy atom. The molecular formula is C18H15ClF2N2O4. The molecule has 9 heteroatoms. The van der Waals surface area contributed by atoms with Crippen LogP contribution in [0.5, 0.6) is 0 Å². The number of nitrogens with zero attached hydrogens (tertiary/aromatic N) is 1. The molecule has 27 heavy (non-hydrogen) atoms. The molecule has 0 aliphatic rings. The van der Waals surface area contributed by atoms with Gasteiger partial charge in [0.1, 0.15) is 11.6 Å². The third-order valence-corrected chi connectivity index (χ3v) is 3.73. The van der Waals surface area contributed by atoms with Gasteiger partial charge in [-0.2, -0.15) is 0 Å². The largest absolute Gasteiger partial charge is 0.452 e. The minimum absolute atomic E-state index is 0.0906. The van der Waals surface area contributed by atoms with Crippen LogP contribution in [0.25, 0.3) is 0 Å². The number of hydrogen-bond donors (Lipinski definition) is 1. The first-order chi connectivity index (χ1) is 12.8. The lowest BCUT2D eigenvalue weighted by Gasteiger charge is -2.22. The van der Waals surface area contributed by atoms with Crippen molar-refractivity contribution < 1.29 is 27.9 Å². The van der Waals surface area contributed by atoms with Crippen LogP contribution in [0.4, 0.5) is 14.5 Å². The molecule has 0 saturated heterocycles. The van der Waals surface area contributed by atoms with Crippen molar-refractivity contribution >= 4 is 35.1 Å². The summed E-state index contributed by atoms with van der Waals surface area (Å²) in [5.41, 5.74) is 5.01. The van der Waals surface area contributed by atoms with Gasteiger partial charge in [0.25, 0.3) is 5.91 Å². The number of esters is 1. The zero-order valence-electron chi connectivity index (χ0n) is 14.0. The van der Waals surface area contributed by atoms with Crippen LogP contribution in [0.2, 0.25) is 5.02 Å². The van der Waals surface area contributed by atoms with E-state index in [1.54, 1.807) is 0 Å². The standard InChI is InChI=1S/C18H15ClF2N2O4/c19-11-1-6-14(15(21)9-11)18(26)27-10-17(25)23(8-7-16(22)24)13-4-2-12(20)3-5-13/h1-6,9H,7-8,10H2,(H2,22,24). The molecule has 0 unspecified atom stereocenters. The molecule has 0 bridgehead atoms. The maximum atomic E-state index is 13.7. The van der Waals surface area contributed by atoms with E-state index in [1.807, 2.05) is 0 Å². The summed E-state index contributed by atoms with van der Waals surface area (Å²) >= 11 is 5.61. The van der Waals surface area contributed by atoms with E-state index in [0.29, 0.717) is 0 Å². The number of amides is 2. The van der Waals surface area contributed by atoms with Crippen molar-refractivity contribution in [3.8, 4) is 0 Å². The predicted molar refractivity (Wildman–Crippen MR) is 94.3 cm³/mol. The second-order valence-electron chi connectivity index (χ2n) is 5.44. The summed E-state index contributed by atoms with van der Waals surface area (Å²) in [6.45, 7) is -0.802. The first-order valence-electron chi connectivity index (χ1n) is 7.74. The van der Waals surface area contributed by atoms with Gasteiger partial charge in [0.2, 0.25) is 5.91 Å². The van der Waals surface area contributed by atoms with Crippen molar-refractivity contribution in [1.82, 2.24) is 0 Å². The quantitative estimate of drug-likeness (QED) is 0.728. The van der Waals surface area contributed by atoms with Crippen LogP contribution in [0, 0.1) is 11.6 Å².